The summed E-state index contributed by atoms with van der Waals surface area (Å²) >= 11 is 0. The fraction of sp³-hybridized carbons (Fsp3) is 0.409. The second-order valence-corrected chi connectivity index (χ2v) is 9.27. The van der Waals surface area contributed by atoms with Crippen LogP contribution >= 0.6 is 0 Å². The number of nitrogens with one attached hydrogen (secondary N) is 1. The summed E-state index contributed by atoms with van der Waals surface area (Å²) in [4.78, 5) is 15.2. The highest BCUT2D eigenvalue weighted by Crippen LogP contribution is 2.23. The molecule has 3 rings (SSSR count). The Balaban J connectivity index is 1.44. The summed E-state index contributed by atoms with van der Waals surface area (Å²) in [5.74, 6) is 0.217. The van der Waals surface area contributed by atoms with E-state index in [9.17, 15) is 13.2 Å². The molecule has 0 bridgehead atoms. The van der Waals surface area contributed by atoms with E-state index in [1.165, 1.54) is 5.56 Å². The Bertz CT molecular complexity index is 872. The molecule has 1 saturated heterocycles. The second-order valence-electron chi connectivity index (χ2n) is 7.52. The van der Waals surface area contributed by atoms with Gasteiger partial charge in [0.2, 0.25) is 10.0 Å². The molecule has 0 radical (unpaired) electrons. The van der Waals surface area contributed by atoms with Gasteiger partial charge in [0.1, 0.15) is 0 Å². The van der Waals surface area contributed by atoms with Gasteiger partial charge in [-0.25, -0.2) is 8.42 Å². The van der Waals surface area contributed by atoms with Crippen molar-refractivity contribution in [2.45, 2.75) is 25.7 Å². The number of nitrogens with zero attached hydrogens (tertiary/aromatic N) is 1. The summed E-state index contributed by atoms with van der Waals surface area (Å²) in [6, 6.07) is 17.3. The molecule has 2 aromatic rings. The van der Waals surface area contributed by atoms with E-state index in [1.54, 1.807) is 24.3 Å². The van der Waals surface area contributed by atoms with Crippen LogP contribution in [0.2, 0.25) is 0 Å². The van der Waals surface area contributed by atoms with Crippen LogP contribution in [0.25, 0.3) is 0 Å². The summed E-state index contributed by atoms with van der Waals surface area (Å²) in [5.41, 5.74) is 2.51. The number of carbonyl (C=O) groups excluding carboxylic acids is 1. The van der Waals surface area contributed by atoms with Crippen LogP contribution in [0.15, 0.2) is 54.6 Å². The minimum Gasteiger partial charge on any atom is -0.303 e. The maximum atomic E-state index is 12.7. The molecule has 1 heterocycles. The van der Waals surface area contributed by atoms with Crippen molar-refractivity contribution in [1.29, 1.82) is 0 Å². The third kappa shape index (κ3) is 6.17. The number of aryl methyl sites for hydroxylation is 1. The molecule has 0 saturated carbocycles. The van der Waals surface area contributed by atoms with Gasteiger partial charge in [-0.2, -0.15) is 0 Å². The van der Waals surface area contributed by atoms with Crippen molar-refractivity contribution >= 4 is 21.5 Å². The molecule has 1 aliphatic rings. The van der Waals surface area contributed by atoms with Gasteiger partial charge in [-0.3, -0.25) is 9.52 Å². The molecule has 6 heteroatoms. The van der Waals surface area contributed by atoms with Crippen molar-refractivity contribution in [1.82, 2.24) is 4.90 Å². The lowest BCUT2D eigenvalue weighted by atomic mass is 9.88. The number of hydrogen-bond acceptors (Lipinski definition) is 4. The molecule has 2 aromatic carbocycles. The van der Waals surface area contributed by atoms with Gasteiger partial charge >= 0.3 is 0 Å². The van der Waals surface area contributed by atoms with Crippen molar-refractivity contribution in [2.24, 2.45) is 5.92 Å². The highest BCUT2D eigenvalue weighted by atomic mass is 32.2. The summed E-state index contributed by atoms with van der Waals surface area (Å²) in [6.07, 6.45) is 5.10. The number of ketones is 1. The highest BCUT2D eigenvalue weighted by Gasteiger charge is 2.25. The maximum absolute atomic E-state index is 12.7. The Morgan fingerprint density at radius 2 is 1.68 bits per heavy atom. The number of anilines is 1. The number of carbonyl (C=O) groups is 1. The van der Waals surface area contributed by atoms with Crippen molar-refractivity contribution in [3.05, 3.63) is 65.7 Å². The minimum atomic E-state index is -3.30. The predicted octanol–water partition coefficient (Wildman–Crippen LogP) is 3.59. The monoisotopic (exact) mass is 400 g/mol. The summed E-state index contributed by atoms with van der Waals surface area (Å²) in [6.45, 7) is 2.99. The first-order valence-electron chi connectivity index (χ1n) is 9.79. The van der Waals surface area contributed by atoms with Crippen molar-refractivity contribution in [3.63, 3.8) is 0 Å². The van der Waals surface area contributed by atoms with Crippen molar-refractivity contribution in [2.75, 3.05) is 30.6 Å². The van der Waals surface area contributed by atoms with E-state index in [2.05, 4.69) is 33.9 Å². The fourth-order valence-electron chi connectivity index (χ4n) is 3.72. The number of hydrogen-bond donors (Lipinski definition) is 1. The number of piperidine rings is 1. The molecule has 150 valence electrons. The van der Waals surface area contributed by atoms with Gasteiger partial charge in [-0.15, -0.1) is 0 Å². The van der Waals surface area contributed by atoms with Gasteiger partial charge in [-0.05, 0) is 75.1 Å². The molecule has 1 aliphatic heterocycles. The van der Waals surface area contributed by atoms with Crippen LogP contribution in [-0.2, 0) is 16.4 Å². The predicted molar refractivity (Wildman–Crippen MR) is 113 cm³/mol. The average molecular weight is 401 g/mol. The normalized spacial score (nSPS) is 16.0. The third-order valence-electron chi connectivity index (χ3n) is 5.21. The highest BCUT2D eigenvalue weighted by molar-refractivity contribution is 7.92. The quantitative estimate of drug-likeness (QED) is 0.688. The molecular weight excluding hydrogens is 372 g/mol. The van der Waals surface area contributed by atoms with Gasteiger partial charge in [-0.1, -0.05) is 30.3 Å². The average Bonchev–Trinajstić information content (AvgIpc) is 2.68. The van der Waals surface area contributed by atoms with Crippen LogP contribution in [0.1, 0.15) is 35.2 Å². The molecule has 0 aliphatic carbocycles. The van der Waals surface area contributed by atoms with Crippen molar-refractivity contribution in [3.8, 4) is 0 Å². The Kier molecular flexibility index (Phi) is 6.86. The lowest BCUT2D eigenvalue weighted by Gasteiger charge is -2.31. The molecule has 1 fully saturated rings. The summed E-state index contributed by atoms with van der Waals surface area (Å²) in [5, 5.41) is 0. The van der Waals surface area contributed by atoms with Crippen LogP contribution in [0.5, 0.6) is 0 Å². The third-order valence-corrected chi connectivity index (χ3v) is 5.82. The number of likely N-dealkylation sites (tertiary alicyclic amines) is 1. The Hall–Kier alpha value is -2.18. The van der Waals surface area contributed by atoms with E-state index in [-0.39, 0.29) is 11.7 Å². The molecule has 5 nitrogen and oxygen atoms in total. The SMILES string of the molecule is CS(=O)(=O)Nc1ccc(C(=O)C2CCN(CCCc3ccccc3)CC2)cc1. The molecule has 0 unspecified atom stereocenters. The first kappa shape index (κ1) is 20.6. The lowest BCUT2D eigenvalue weighted by Crippen LogP contribution is -2.37. The first-order valence-corrected chi connectivity index (χ1v) is 11.7. The number of benzene rings is 2. The summed E-state index contributed by atoms with van der Waals surface area (Å²) < 4.78 is 25.0. The van der Waals surface area contributed by atoms with Gasteiger partial charge in [0.15, 0.2) is 5.78 Å². The fourth-order valence-corrected chi connectivity index (χ4v) is 4.29. The maximum Gasteiger partial charge on any atom is 0.229 e. The zero-order valence-corrected chi connectivity index (χ0v) is 17.1. The van der Waals surface area contributed by atoms with Gasteiger partial charge in [0.25, 0.3) is 0 Å². The van der Waals surface area contributed by atoms with Crippen LogP contribution in [0.3, 0.4) is 0 Å². The molecule has 0 atom stereocenters. The Labute approximate surface area is 167 Å². The first-order chi connectivity index (χ1) is 13.4. The minimum absolute atomic E-state index is 0.0547. The number of sulfonamides is 1. The van der Waals surface area contributed by atoms with Crippen LogP contribution < -0.4 is 4.72 Å². The molecule has 28 heavy (non-hydrogen) atoms. The summed E-state index contributed by atoms with van der Waals surface area (Å²) in [7, 11) is -3.30. The zero-order valence-electron chi connectivity index (χ0n) is 16.3. The molecular formula is C22H28N2O3S. The number of Topliss-reactive ketones (excluding diaryl/α,β-unsaturated/α-hetero) is 1. The van der Waals surface area contributed by atoms with E-state index in [4.69, 9.17) is 0 Å². The molecule has 0 aromatic heterocycles. The molecule has 0 spiro atoms. The Morgan fingerprint density at radius 1 is 1.04 bits per heavy atom. The van der Waals surface area contributed by atoms with E-state index in [0.717, 1.165) is 51.6 Å². The molecule has 0 amide bonds. The van der Waals surface area contributed by atoms with E-state index < -0.39 is 10.0 Å². The van der Waals surface area contributed by atoms with Crippen LogP contribution in [0.4, 0.5) is 5.69 Å². The smallest absolute Gasteiger partial charge is 0.229 e. The largest absolute Gasteiger partial charge is 0.303 e. The topological polar surface area (TPSA) is 66.5 Å². The standard InChI is InChI=1S/C22H28N2O3S/c1-28(26,27)23-21-11-9-19(10-12-21)22(25)20-13-16-24(17-14-20)15-5-8-18-6-3-2-4-7-18/h2-4,6-7,9-12,20,23H,5,8,13-17H2,1H3. The molecule has 1 N–H and O–H groups in total. The second kappa shape index (κ2) is 9.34. The van der Waals surface area contributed by atoms with Crippen molar-refractivity contribution < 1.29 is 13.2 Å². The van der Waals surface area contributed by atoms with E-state index in [0.29, 0.717) is 11.3 Å². The Morgan fingerprint density at radius 3 is 2.29 bits per heavy atom. The lowest BCUT2D eigenvalue weighted by molar-refractivity contribution is 0.0839. The number of rotatable bonds is 8. The van der Waals surface area contributed by atoms with Gasteiger partial charge < -0.3 is 4.90 Å². The van der Waals surface area contributed by atoms with E-state index >= 15 is 0 Å². The van der Waals surface area contributed by atoms with Gasteiger partial charge in [0.05, 0.1) is 6.26 Å². The van der Waals surface area contributed by atoms with Crippen LogP contribution in [-0.4, -0.2) is 45.0 Å². The van der Waals surface area contributed by atoms with Crippen LogP contribution in [0, 0.1) is 5.92 Å². The van der Waals surface area contributed by atoms with Gasteiger partial charge in [0, 0.05) is 17.2 Å². The van der Waals surface area contributed by atoms with E-state index in [1.807, 2.05) is 6.07 Å². The zero-order chi connectivity index (χ0) is 20.0.